The Labute approximate surface area is 119 Å². The Morgan fingerprint density at radius 1 is 1.52 bits per heavy atom. The maximum Gasteiger partial charge on any atom is 0.331 e. The average molecular weight is 294 g/mol. The van der Waals surface area contributed by atoms with Gasteiger partial charge in [-0.2, -0.15) is 10.1 Å². The number of rotatable bonds is 5. The number of carbonyl (C=O) groups excluding carboxylic acids is 1. The summed E-state index contributed by atoms with van der Waals surface area (Å²) in [5.41, 5.74) is 0.371. The summed E-state index contributed by atoms with van der Waals surface area (Å²) in [4.78, 5) is 26.8. The molecule has 0 aliphatic heterocycles. The van der Waals surface area contributed by atoms with Crippen molar-refractivity contribution in [2.75, 3.05) is 0 Å². The van der Waals surface area contributed by atoms with Crippen molar-refractivity contribution in [1.29, 1.82) is 0 Å². The highest BCUT2D eigenvalue weighted by atomic mass is 16.5. The lowest BCUT2D eigenvalue weighted by atomic mass is 10.1. The van der Waals surface area contributed by atoms with Crippen molar-refractivity contribution in [1.82, 2.24) is 30.6 Å². The van der Waals surface area contributed by atoms with Gasteiger partial charge in [0.05, 0.1) is 12.7 Å². The lowest BCUT2D eigenvalue weighted by Gasteiger charge is -2.13. The molecule has 2 aromatic rings. The molecule has 2 heterocycles. The van der Waals surface area contributed by atoms with Crippen LogP contribution >= 0.6 is 0 Å². The summed E-state index contributed by atoms with van der Waals surface area (Å²) in [6.07, 6.45) is 2.89. The number of hydrogen-bond donors (Lipinski definition) is 3. The van der Waals surface area contributed by atoms with Gasteiger partial charge in [0, 0.05) is 25.7 Å². The minimum Gasteiger partial charge on any atom is -0.479 e. The fraction of sp³-hybridized carbons (Fsp3) is 0.364. The summed E-state index contributed by atoms with van der Waals surface area (Å²) in [5, 5.41) is 21.4. The molecule has 0 radical (unpaired) electrons. The van der Waals surface area contributed by atoms with Crippen LogP contribution in [0.2, 0.25) is 0 Å². The van der Waals surface area contributed by atoms with Crippen LogP contribution in [0.5, 0.6) is 0 Å². The number of aliphatic carboxylic acids is 1. The van der Waals surface area contributed by atoms with E-state index < -0.39 is 18.0 Å². The average Bonchev–Trinajstić information content (AvgIpc) is 3.02. The van der Waals surface area contributed by atoms with Gasteiger partial charge >= 0.3 is 12.0 Å². The van der Waals surface area contributed by atoms with E-state index >= 15 is 0 Å². The Morgan fingerprint density at radius 2 is 2.29 bits per heavy atom. The SMILES string of the molecule is Cc1nc(CNC(=O)NC(C(=O)O)c2cnn(C)c2)no1. The summed E-state index contributed by atoms with van der Waals surface area (Å²) in [6.45, 7) is 1.65. The Hall–Kier alpha value is -2.91. The highest BCUT2D eigenvalue weighted by molar-refractivity contribution is 5.83. The van der Waals surface area contributed by atoms with Gasteiger partial charge in [0.15, 0.2) is 11.9 Å². The summed E-state index contributed by atoms with van der Waals surface area (Å²) in [6, 6.07) is -1.85. The second-order valence-corrected chi connectivity index (χ2v) is 4.28. The van der Waals surface area contributed by atoms with E-state index in [1.54, 1.807) is 14.0 Å². The number of carbonyl (C=O) groups is 2. The lowest BCUT2D eigenvalue weighted by molar-refractivity contribution is -0.139. The topological polar surface area (TPSA) is 135 Å². The third-order valence-corrected chi connectivity index (χ3v) is 2.56. The van der Waals surface area contributed by atoms with E-state index in [2.05, 4.69) is 25.9 Å². The molecule has 1 unspecified atom stereocenters. The molecular weight excluding hydrogens is 280 g/mol. The van der Waals surface area contributed by atoms with Gasteiger partial charge in [0.25, 0.3) is 0 Å². The standard InChI is InChI=1S/C11H14N6O4/c1-6-14-8(16-21-6)4-12-11(20)15-9(10(18)19)7-3-13-17(2)5-7/h3,5,9H,4H2,1-2H3,(H,18,19)(H2,12,15,20). The molecule has 0 aromatic carbocycles. The first-order valence-corrected chi connectivity index (χ1v) is 6.00. The largest absolute Gasteiger partial charge is 0.479 e. The number of nitrogens with zero attached hydrogens (tertiary/aromatic N) is 4. The second-order valence-electron chi connectivity index (χ2n) is 4.28. The van der Waals surface area contributed by atoms with E-state index in [0.29, 0.717) is 17.3 Å². The fourth-order valence-electron chi connectivity index (χ4n) is 1.63. The predicted octanol–water partition coefficient (Wildman–Crippen LogP) is -0.263. The Bertz CT molecular complexity index is 649. The molecule has 2 amide bonds. The van der Waals surface area contributed by atoms with Crippen LogP contribution in [0.1, 0.15) is 23.3 Å². The van der Waals surface area contributed by atoms with Crippen molar-refractivity contribution in [2.24, 2.45) is 7.05 Å². The van der Waals surface area contributed by atoms with Crippen molar-refractivity contribution < 1.29 is 19.2 Å². The van der Waals surface area contributed by atoms with Crippen LogP contribution in [-0.4, -0.2) is 37.0 Å². The number of nitrogens with one attached hydrogen (secondary N) is 2. The number of hydrogen-bond acceptors (Lipinski definition) is 6. The number of urea groups is 1. The first-order chi connectivity index (χ1) is 9.95. The van der Waals surface area contributed by atoms with Gasteiger partial charge in [0.2, 0.25) is 5.89 Å². The van der Waals surface area contributed by atoms with Crippen LogP contribution in [-0.2, 0) is 18.4 Å². The zero-order valence-electron chi connectivity index (χ0n) is 11.4. The molecule has 0 fully saturated rings. The molecule has 2 aromatic heterocycles. The number of aryl methyl sites for hydroxylation is 2. The molecule has 0 bridgehead atoms. The number of carboxylic acids is 1. The van der Waals surface area contributed by atoms with E-state index in [0.717, 1.165) is 0 Å². The van der Waals surface area contributed by atoms with Crippen molar-refractivity contribution in [3.8, 4) is 0 Å². The van der Waals surface area contributed by atoms with Crippen LogP contribution < -0.4 is 10.6 Å². The Balaban J connectivity index is 1.94. The maximum absolute atomic E-state index is 11.7. The zero-order chi connectivity index (χ0) is 15.4. The lowest BCUT2D eigenvalue weighted by Crippen LogP contribution is -2.40. The number of carboxylic acid groups (broad SMARTS) is 1. The van der Waals surface area contributed by atoms with Gasteiger partial charge in [0.1, 0.15) is 0 Å². The molecule has 1 atom stereocenters. The molecule has 10 heteroatoms. The predicted molar refractivity (Wildman–Crippen MR) is 68.0 cm³/mol. The van der Waals surface area contributed by atoms with E-state index in [1.165, 1.54) is 17.1 Å². The Kier molecular flexibility index (Phi) is 4.16. The molecule has 21 heavy (non-hydrogen) atoms. The summed E-state index contributed by atoms with van der Waals surface area (Å²) in [5.74, 6) is -0.504. The van der Waals surface area contributed by atoms with Crippen molar-refractivity contribution in [3.63, 3.8) is 0 Å². The highest BCUT2D eigenvalue weighted by Crippen LogP contribution is 2.11. The first kappa shape index (κ1) is 14.5. The third kappa shape index (κ3) is 3.78. The molecular formula is C11H14N6O4. The number of aromatic nitrogens is 4. The smallest absolute Gasteiger partial charge is 0.331 e. The molecule has 0 saturated heterocycles. The van der Waals surface area contributed by atoms with Crippen molar-refractivity contribution >= 4 is 12.0 Å². The van der Waals surface area contributed by atoms with E-state index in [1.807, 2.05) is 0 Å². The number of amides is 2. The molecule has 2 rings (SSSR count). The molecule has 0 saturated carbocycles. The van der Waals surface area contributed by atoms with Crippen LogP contribution in [0.3, 0.4) is 0 Å². The van der Waals surface area contributed by atoms with Gasteiger partial charge in [-0.05, 0) is 0 Å². The molecule has 112 valence electrons. The molecule has 0 aliphatic carbocycles. The maximum atomic E-state index is 11.7. The van der Waals surface area contributed by atoms with Gasteiger partial charge < -0.3 is 20.3 Å². The molecule has 0 spiro atoms. The van der Waals surface area contributed by atoms with E-state index in [9.17, 15) is 9.59 Å². The van der Waals surface area contributed by atoms with Crippen molar-refractivity contribution in [2.45, 2.75) is 19.5 Å². The van der Waals surface area contributed by atoms with Gasteiger partial charge in [-0.25, -0.2) is 9.59 Å². The monoisotopic (exact) mass is 294 g/mol. The third-order valence-electron chi connectivity index (χ3n) is 2.56. The summed E-state index contributed by atoms with van der Waals surface area (Å²) >= 11 is 0. The van der Waals surface area contributed by atoms with Crippen molar-refractivity contribution in [3.05, 3.63) is 29.7 Å². The van der Waals surface area contributed by atoms with Crippen LogP contribution in [0.4, 0.5) is 4.79 Å². The quantitative estimate of drug-likeness (QED) is 0.691. The Morgan fingerprint density at radius 3 is 2.81 bits per heavy atom. The van der Waals surface area contributed by atoms with Gasteiger partial charge in [-0.15, -0.1) is 0 Å². The normalized spacial score (nSPS) is 11.9. The van der Waals surface area contributed by atoms with E-state index in [4.69, 9.17) is 9.63 Å². The summed E-state index contributed by atoms with van der Waals surface area (Å²) < 4.78 is 6.20. The summed E-state index contributed by atoms with van der Waals surface area (Å²) in [7, 11) is 1.65. The minimum absolute atomic E-state index is 0.0303. The second kappa shape index (κ2) is 6.03. The first-order valence-electron chi connectivity index (χ1n) is 6.00. The van der Waals surface area contributed by atoms with Gasteiger partial charge in [-0.1, -0.05) is 5.16 Å². The van der Waals surface area contributed by atoms with Crippen LogP contribution in [0, 0.1) is 6.92 Å². The molecule has 10 nitrogen and oxygen atoms in total. The molecule has 0 aliphatic rings. The molecule has 3 N–H and O–H groups in total. The zero-order valence-corrected chi connectivity index (χ0v) is 11.4. The minimum atomic E-state index is -1.19. The van der Waals surface area contributed by atoms with Crippen LogP contribution in [0.15, 0.2) is 16.9 Å². The highest BCUT2D eigenvalue weighted by Gasteiger charge is 2.23. The van der Waals surface area contributed by atoms with Crippen LogP contribution in [0.25, 0.3) is 0 Å². The van der Waals surface area contributed by atoms with E-state index in [-0.39, 0.29) is 6.54 Å². The fourth-order valence-corrected chi connectivity index (χ4v) is 1.63. The van der Waals surface area contributed by atoms with Gasteiger partial charge in [-0.3, -0.25) is 4.68 Å².